The van der Waals surface area contributed by atoms with Gasteiger partial charge in [-0.05, 0) is 12.1 Å². The second-order valence-electron chi connectivity index (χ2n) is 3.91. The van der Waals surface area contributed by atoms with E-state index in [1.165, 1.54) is 13.2 Å². The Hall–Kier alpha value is -1.09. The SMILES string of the molecule is COc1cccc(F)c1C(C)(C)CN. The maximum absolute atomic E-state index is 13.6. The number of methoxy groups -OCH3 is 1. The maximum atomic E-state index is 13.6. The molecule has 0 bridgehead atoms. The largest absolute Gasteiger partial charge is 0.496 e. The number of hydrogen-bond acceptors (Lipinski definition) is 2. The van der Waals surface area contributed by atoms with Gasteiger partial charge < -0.3 is 10.5 Å². The standard InChI is InChI=1S/C11H16FNO/c1-11(2,7-13)10-8(12)5-4-6-9(10)14-3/h4-6H,7,13H2,1-3H3. The predicted molar refractivity (Wildman–Crippen MR) is 55.0 cm³/mol. The second-order valence-corrected chi connectivity index (χ2v) is 3.91. The van der Waals surface area contributed by atoms with E-state index in [2.05, 4.69) is 0 Å². The molecular formula is C11H16FNO. The average molecular weight is 197 g/mol. The van der Waals surface area contributed by atoms with Gasteiger partial charge in [-0.15, -0.1) is 0 Å². The summed E-state index contributed by atoms with van der Waals surface area (Å²) < 4.78 is 18.7. The van der Waals surface area contributed by atoms with Crippen molar-refractivity contribution in [1.29, 1.82) is 0 Å². The molecule has 2 N–H and O–H groups in total. The molecule has 78 valence electrons. The molecule has 0 saturated heterocycles. The number of halogens is 1. The van der Waals surface area contributed by atoms with E-state index < -0.39 is 5.41 Å². The Balaban J connectivity index is 3.30. The van der Waals surface area contributed by atoms with Gasteiger partial charge in [-0.1, -0.05) is 19.9 Å². The Labute approximate surface area is 83.9 Å². The molecule has 0 amide bonds. The Bertz CT molecular complexity index is 323. The van der Waals surface area contributed by atoms with Crippen LogP contribution >= 0.6 is 0 Å². The fraction of sp³-hybridized carbons (Fsp3) is 0.455. The zero-order chi connectivity index (χ0) is 10.8. The van der Waals surface area contributed by atoms with Gasteiger partial charge in [-0.2, -0.15) is 0 Å². The van der Waals surface area contributed by atoms with Crippen LogP contribution < -0.4 is 10.5 Å². The zero-order valence-corrected chi connectivity index (χ0v) is 8.80. The van der Waals surface area contributed by atoms with Crippen molar-refractivity contribution in [2.45, 2.75) is 19.3 Å². The lowest BCUT2D eigenvalue weighted by molar-refractivity contribution is 0.383. The van der Waals surface area contributed by atoms with Crippen LogP contribution in [0.2, 0.25) is 0 Å². The highest BCUT2D eigenvalue weighted by molar-refractivity contribution is 5.40. The van der Waals surface area contributed by atoms with Gasteiger partial charge in [-0.25, -0.2) is 4.39 Å². The first-order chi connectivity index (χ1) is 6.53. The van der Waals surface area contributed by atoms with Crippen molar-refractivity contribution in [3.8, 4) is 5.75 Å². The topological polar surface area (TPSA) is 35.2 Å². The van der Waals surface area contributed by atoms with Crippen LogP contribution in [0.15, 0.2) is 18.2 Å². The van der Waals surface area contributed by atoms with Gasteiger partial charge in [0, 0.05) is 17.5 Å². The summed E-state index contributed by atoms with van der Waals surface area (Å²) in [6.45, 7) is 4.17. The Kier molecular flexibility index (Phi) is 3.11. The van der Waals surface area contributed by atoms with Crippen LogP contribution in [0.25, 0.3) is 0 Å². The molecule has 0 heterocycles. The van der Waals surface area contributed by atoms with Crippen LogP contribution in [0, 0.1) is 5.82 Å². The van der Waals surface area contributed by atoms with Crippen molar-refractivity contribution in [3.63, 3.8) is 0 Å². The minimum atomic E-state index is -0.406. The van der Waals surface area contributed by atoms with Crippen LogP contribution in [0.5, 0.6) is 5.75 Å². The van der Waals surface area contributed by atoms with E-state index >= 15 is 0 Å². The third-order valence-electron chi connectivity index (χ3n) is 2.38. The van der Waals surface area contributed by atoms with Gasteiger partial charge in [0.05, 0.1) is 7.11 Å². The first-order valence-corrected chi connectivity index (χ1v) is 4.56. The molecule has 2 nitrogen and oxygen atoms in total. The summed E-state index contributed by atoms with van der Waals surface area (Å²) in [4.78, 5) is 0. The van der Waals surface area contributed by atoms with Gasteiger partial charge in [0.15, 0.2) is 0 Å². The fourth-order valence-corrected chi connectivity index (χ4v) is 1.43. The molecule has 0 saturated carbocycles. The number of nitrogens with two attached hydrogens (primary N) is 1. The molecule has 0 spiro atoms. The fourth-order valence-electron chi connectivity index (χ4n) is 1.43. The van der Waals surface area contributed by atoms with Crippen molar-refractivity contribution < 1.29 is 9.13 Å². The van der Waals surface area contributed by atoms with E-state index in [1.807, 2.05) is 13.8 Å². The van der Waals surface area contributed by atoms with Crippen LogP contribution in [-0.4, -0.2) is 13.7 Å². The lowest BCUT2D eigenvalue weighted by Gasteiger charge is -2.25. The summed E-state index contributed by atoms with van der Waals surface area (Å²) in [7, 11) is 1.53. The molecule has 0 radical (unpaired) electrons. The highest BCUT2D eigenvalue weighted by atomic mass is 19.1. The van der Waals surface area contributed by atoms with Gasteiger partial charge in [0.1, 0.15) is 11.6 Å². The summed E-state index contributed by atoms with van der Waals surface area (Å²) in [5, 5.41) is 0. The highest BCUT2D eigenvalue weighted by Gasteiger charge is 2.26. The van der Waals surface area contributed by atoms with Crippen molar-refractivity contribution in [2.24, 2.45) is 5.73 Å². The van der Waals surface area contributed by atoms with E-state index in [9.17, 15) is 4.39 Å². The second kappa shape index (κ2) is 3.96. The molecule has 3 heteroatoms. The van der Waals surface area contributed by atoms with Crippen molar-refractivity contribution in [2.75, 3.05) is 13.7 Å². The van der Waals surface area contributed by atoms with Crippen LogP contribution in [0.1, 0.15) is 19.4 Å². The molecule has 1 aromatic carbocycles. The number of benzene rings is 1. The molecule has 1 aromatic rings. The third-order valence-corrected chi connectivity index (χ3v) is 2.38. The molecule has 0 aliphatic rings. The summed E-state index contributed by atoms with van der Waals surface area (Å²) >= 11 is 0. The summed E-state index contributed by atoms with van der Waals surface area (Å²) in [5.74, 6) is 0.292. The lowest BCUT2D eigenvalue weighted by Crippen LogP contribution is -2.29. The number of hydrogen-bond donors (Lipinski definition) is 1. The molecule has 0 aromatic heterocycles. The monoisotopic (exact) mass is 197 g/mol. The highest BCUT2D eigenvalue weighted by Crippen LogP contribution is 2.32. The first-order valence-electron chi connectivity index (χ1n) is 4.56. The molecule has 0 fully saturated rings. The smallest absolute Gasteiger partial charge is 0.130 e. The third kappa shape index (κ3) is 1.87. The molecule has 14 heavy (non-hydrogen) atoms. The Morgan fingerprint density at radius 2 is 2.07 bits per heavy atom. The van der Waals surface area contributed by atoms with Gasteiger partial charge in [0.25, 0.3) is 0 Å². The van der Waals surface area contributed by atoms with Gasteiger partial charge in [0.2, 0.25) is 0 Å². The molecule has 0 unspecified atom stereocenters. The summed E-state index contributed by atoms with van der Waals surface area (Å²) in [6, 6.07) is 4.80. The lowest BCUT2D eigenvalue weighted by atomic mass is 9.84. The van der Waals surface area contributed by atoms with Crippen molar-refractivity contribution in [1.82, 2.24) is 0 Å². The maximum Gasteiger partial charge on any atom is 0.130 e. The van der Waals surface area contributed by atoms with Crippen molar-refractivity contribution >= 4 is 0 Å². The molecular weight excluding hydrogens is 181 g/mol. The summed E-state index contributed by atoms with van der Waals surface area (Å²) in [6.07, 6.45) is 0. The van der Waals surface area contributed by atoms with E-state index in [4.69, 9.17) is 10.5 Å². The van der Waals surface area contributed by atoms with Crippen LogP contribution in [0.4, 0.5) is 4.39 Å². The predicted octanol–water partition coefficient (Wildman–Crippen LogP) is 2.07. The Morgan fingerprint density at radius 1 is 1.43 bits per heavy atom. The number of ether oxygens (including phenoxy) is 1. The van der Waals surface area contributed by atoms with Crippen LogP contribution in [0.3, 0.4) is 0 Å². The van der Waals surface area contributed by atoms with E-state index in [1.54, 1.807) is 12.1 Å². The minimum absolute atomic E-state index is 0.264. The summed E-state index contributed by atoms with van der Waals surface area (Å²) in [5.41, 5.74) is 5.75. The molecule has 0 atom stereocenters. The van der Waals surface area contributed by atoms with Crippen molar-refractivity contribution in [3.05, 3.63) is 29.6 Å². The normalized spacial score (nSPS) is 11.5. The average Bonchev–Trinajstić information content (AvgIpc) is 2.17. The minimum Gasteiger partial charge on any atom is -0.496 e. The van der Waals surface area contributed by atoms with E-state index in [0.29, 0.717) is 17.9 Å². The first kappa shape index (κ1) is 11.0. The molecule has 0 aliphatic carbocycles. The number of rotatable bonds is 3. The molecule has 0 aliphatic heterocycles. The quantitative estimate of drug-likeness (QED) is 0.805. The zero-order valence-electron chi connectivity index (χ0n) is 8.80. The van der Waals surface area contributed by atoms with Gasteiger partial charge >= 0.3 is 0 Å². The van der Waals surface area contributed by atoms with Crippen LogP contribution in [-0.2, 0) is 5.41 Å². The Morgan fingerprint density at radius 3 is 2.57 bits per heavy atom. The van der Waals surface area contributed by atoms with E-state index in [-0.39, 0.29) is 5.82 Å². The van der Waals surface area contributed by atoms with E-state index in [0.717, 1.165) is 0 Å². The van der Waals surface area contributed by atoms with Gasteiger partial charge in [-0.3, -0.25) is 0 Å². The molecule has 1 rings (SSSR count).